The molecule has 0 amide bonds. The highest BCUT2D eigenvalue weighted by atomic mass is 19.1. The summed E-state index contributed by atoms with van der Waals surface area (Å²) in [6.45, 7) is 2.06. The molecule has 0 bridgehead atoms. The molecule has 138 valence electrons. The summed E-state index contributed by atoms with van der Waals surface area (Å²) in [5.41, 5.74) is 6.69. The van der Waals surface area contributed by atoms with Crippen LogP contribution in [0.25, 0.3) is 11.3 Å². The SMILES string of the molecule is Cc1ccc2c(c1)-c1[nH]nc(N(c3cccc(F)c3)c3cccc(F)c3)c1C2. The second-order valence-electron chi connectivity index (χ2n) is 7.03. The molecule has 5 heteroatoms. The van der Waals surface area contributed by atoms with Crippen molar-refractivity contribution >= 4 is 17.2 Å². The zero-order valence-corrected chi connectivity index (χ0v) is 15.2. The Balaban J connectivity index is 1.70. The minimum absolute atomic E-state index is 0.356. The monoisotopic (exact) mass is 373 g/mol. The summed E-state index contributed by atoms with van der Waals surface area (Å²) in [6, 6.07) is 18.9. The van der Waals surface area contributed by atoms with Gasteiger partial charge >= 0.3 is 0 Å². The maximum atomic E-state index is 14.0. The van der Waals surface area contributed by atoms with Crippen LogP contribution in [0.2, 0.25) is 0 Å². The van der Waals surface area contributed by atoms with Crippen molar-refractivity contribution in [3.05, 3.63) is 95.1 Å². The molecule has 0 saturated carbocycles. The zero-order valence-electron chi connectivity index (χ0n) is 15.2. The first-order valence-corrected chi connectivity index (χ1v) is 9.08. The van der Waals surface area contributed by atoms with Crippen molar-refractivity contribution < 1.29 is 8.78 Å². The molecule has 1 heterocycles. The van der Waals surface area contributed by atoms with Gasteiger partial charge in [0.25, 0.3) is 0 Å². The smallest absolute Gasteiger partial charge is 0.163 e. The normalized spacial score (nSPS) is 12.0. The highest BCUT2D eigenvalue weighted by Gasteiger charge is 2.28. The molecule has 0 radical (unpaired) electrons. The van der Waals surface area contributed by atoms with Gasteiger partial charge in [0.05, 0.1) is 17.1 Å². The lowest BCUT2D eigenvalue weighted by atomic mass is 10.1. The lowest BCUT2D eigenvalue weighted by Gasteiger charge is -2.24. The summed E-state index contributed by atoms with van der Waals surface area (Å²) >= 11 is 0. The standard InChI is InChI=1S/C23H17F2N3/c1-14-8-9-15-11-21-22(20(15)10-14)26-27-23(21)28(18-6-2-4-16(24)12-18)19-7-3-5-17(25)13-19/h2-10,12-13H,11H2,1H3,(H,26,27). The summed E-state index contributed by atoms with van der Waals surface area (Å²) in [5.74, 6) is -0.0601. The third kappa shape index (κ3) is 2.67. The van der Waals surface area contributed by atoms with Gasteiger partial charge in [-0.25, -0.2) is 8.78 Å². The number of H-pyrrole nitrogens is 1. The molecule has 1 aliphatic carbocycles. The summed E-state index contributed by atoms with van der Waals surface area (Å²) in [5, 5.41) is 7.67. The van der Waals surface area contributed by atoms with Crippen LogP contribution in [0.15, 0.2) is 66.7 Å². The van der Waals surface area contributed by atoms with Crippen LogP contribution in [-0.2, 0) is 6.42 Å². The number of hydrogen-bond donors (Lipinski definition) is 1. The molecule has 0 unspecified atom stereocenters. The van der Waals surface area contributed by atoms with Gasteiger partial charge in [-0.15, -0.1) is 0 Å². The molecule has 1 aromatic heterocycles. The van der Waals surface area contributed by atoms with Crippen LogP contribution in [-0.4, -0.2) is 10.2 Å². The molecule has 3 nitrogen and oxygen atoms in total. The molecule has 0 spiro atoms. The highest BCUT2D eigenvalue weighted by molar-refractivity contribution is 5.84. The topological polar surface area (TPSA) is 31.9 Å². The number of hydrogen-bond acceptors (Lipinski definition) is 2. The fourth-order valence-corrected chi connectivity index (χ4v) is 3.82. The number of rotatable bonds is 3. The van der Waals surface area contributed by atoms with E-state index in [9.17, 15) is 8.78 Å². The lowest BCUT2D eigenvalue weighted by Crippen LogP contribution is -2.12. The lowest BCUT2D eigenvalue weighted by molar-refractivity contribution is 0.627. The maximum Gasteiger partial charge on any atom is 0.163 e. The predicted octanol–water partition coefficient (Wildman–Crippen LogP) is 6.04. The van der Waals surface area contributed by atoms with Crippen LogP contribution >= 0.6 is 0 Å². The van der Waals surface area contributed by atoms with E-state index in [2.05, 4.69) is 35.3 Å². The third-order valence-electron chi connectivity index (χ3n) is 5.09. The molecule has 3 aromatic carbocycles. The van der Waals surface area contributed by atoms with Crippen molar-refractivity contribution in [1.82, 2.24) is 10.2 Å². The molecule has 0 fully saturated rings. The van der Waals surface area contributed by atoms with Crippen LogP contribution in [0.3, 0.4) is 0 Å². The van der Waals surface area contributed by atoms with Crippen LogP contribution in [0.1, 0.15) is 16.7 Å². The van der Waals surface area contributed by atoms with Crippen LogP contribution in [0.4, 0.5) is 26.0 Å². The van der Waals surface area contributed by atoms with Crippen LogP contribution < -0.4 is 4.90 Å². The Hall–Kier alpha value is -3.47. The Morgan fingerprint density at radius 3 is 2.21 bits per heavy atom. The molecule has 4 aromatic rings. The quantitative estimate of drug-likeness (QED) is 0.418. The average Bonchev–Trinajstić information content (AvgIpc) is 3.22. The largest absolute Gasteiger partial charge is 0.293 e. The number of aromatic nitrogens is 2. The van der Waals surface area contributed by atoms with Crippen LogP contribution in [0, 0.1) is 18.6 Å². The van der Waals surface area contributed by atoms with E-state index in [0.29, 0.717) is 17.2 Å². The molecule has 0 atom stereocenters. The Morgan fingerprint density at radius 2 is 1.57 bits per heavy atom. The van der Waals surface area contributed by atoms with Gasteiger partial charge in [-0.1, -0.05) is 29.8 Å². The van der Waals surface area contributed by atoms with Gasteiger partial charge in [-0.05, 0) is 55.0 Å². The van der Waals surface area contributed by atoms with Crippen LogP contribution in [0.5, 0.6) is 0 Å². The molecule has 28 heavy (non-hydrogen) atoms. The van der Waals surface area contributed by atoms with Crippen molar-refractivity contribution in [2.75, 3.05) is 4.90 Å². The molecule has 5 rings (SSSR count). The summed E-state index contributed by atoms with van der Waals surface area (Å²) in [6.07, 6.45) is 0.720. The summed E-state index contributed by atoms with van der Waals surface area (Å²) in [7, 11) is 0. The van der Waals surface area contributed by atoms with Gasteiger partial charge in [0.1, 0.15) is 11.6 Å². The van der Waals surface area contributed by atoms with Crippen molar-refractivity contribution in [2.45, 2.75) is 13.3 Å². The number of benzene rings is 3. The van der Waals surface area contributed by atoms with Gasteiger partial charge in [-0.3, -0.25) is 10.00 Å². The molecule has 1 aliphatic rings. The Labute approximate surface area is 161 Å². The molecule has 1 N–H and O–H groups in total. The second kappa shape index (κ2) is 6.30. The van der Waals surface area contributed by atoms with E-state index in [-0.39, 0.29) is 11.6 Å². The zero-order chi connectivity index (χ0) is 19.3. The molecule has 0 saturated heterocycles. The molecular formula is C23H17F2N3. The number of fused-ring (bicyclic) bond motifs is 3. The summed E-state index contributed by atoms with van der Waals surface area (Å²) < 4.78 is 27.9. The summed E-state index contributed by atoms with van der Waals surface area (Å²) in [4.78, 5) is 1.79. The Bertz CT molecular complexity index is 1150. The van der Waals surface area contributed by atoms with E-state index >= 15 is 0 Å². The van der Waals surface area contributed by atoms with E-state index in [4.69, 9.17) is 0 Å². The van der Waals surface area contributed by atoms with Crippen molar-refractivity contribution in [2.24, 2.45) is 0 Å². The van der Waals surface area contributed by atoms with Gasteiger partial charge in [-0.2, -0.15) is 5.10 Å². The molecule has 0 aliphatic heterocycles. The van der Waals surface area contributed by atoms with E-state index < -0.39 is 0 Å². The Kier molecular flexibility index (Phi) is 3.76. The minimum atomic E-state index is -0.356. The van der Waals surface area contributed by atoms with Gasteiger partial charge < -0.3 is 0 Å². The van der Waals surface area contributed by atoms with Crippen molar-refractivity contribution in [3.8, 4) is 11.3 Å². The molecular weight excluding hydrogens is 356 g/mol. The van der Waals surface area contributed by atoms with E-state index in [0.717, 1.165) is 23.2 Å². The van der Waals surface area contributed by atoms with E-state index in [1.807, 2.05) is 0 Å². The number of anilines is 3. The highest BCUT2D eigenvalue weighted by Crippen LogP contribution is 2.44. The van der Waals surface area contributed by atoms with E-state index in [1.165, 1.54) is 35.4 Å². The maximum absolute atomic E-state index is 14.0. The van der Waals surface area contributed by atoms with Gasteiger partial charge in [0.2, 0.25) is 0 Å². The Morgan fingerprint density at radius 1 is 0.893 bits per heavy atom. The van der Waals surface area contributed by atoms with Crippen molar-refractivity contribution in [1.29, 1.82) is 0 Å². The van der Waals surface area contributed by atoms with E-state index in [1.54, 1.807) is 29.2 Å². The average molecular weight is 373 g/mol. The first-order chi connectivity index (χ1) is 13.6. The fourth-order valence-electron chi connectivity index (χ4n) is 3.82. The van der Waals surface area contributed by atoms with Gasteiger partial charge in [0, 0.05) is 17.5 Å². The van der Waals surface area contributed by atoms with Crippen molar-refractivity contribution in [3.63, 3.8) is 0 Å². The number of aryl methyl sites for hydroxylation is 1. The second-order valence-corrected chi connectivity index (χ2v) is 7.03. The number of nitrogens with one attached hydrogen (secondary N) is 1. The number of aromatic amines is 1. The predicted molar refractivity (Wildman–Crippen MR) is 106 cm³/mol. The number of halogens is 2. The van der Waals surface area contributed by atoms with Gasteiger partial charge in [0.15, 0.2) is 5.82 Å². The first kappa shape index (κ1) is 16.7. The fraction of sp³-hybridized carbons (Fsp3) is 0.0870. The third-order valence-corrected chi connectivity index (χ3v) is 5.09. The first-order valence-electron chi connectivity index (χ1n) is 9.08. The minimum Gasteiger partial charge on any atom is -0.293 e. The number of nitrogens with zero attached hydrogens (tertiary/aromatic N) is 2.